The van der Waals surface area contributed by atoms with Gasteiger partial charge in [-0.15, -0.1) is 0 Å². The smallest absolute Gasteiger partial charge is 0.252 e. The number of imide groups is 1. The Morgan fingerprint density at radius 1 is 1.19 bits per heavy atom. The van der Waals surface area contributed by atoms with Crippen LogP contribution in [0.25, 0.3) is 5.57 Å². The zero-order chi connectivity index (χ0) is 18.3. The molecule has 2 fully saturated rings. The molecule has 3 aliphatic heterocycles. The fourth-order valence-electron chi connectivity index (χ4n) is 4.18. The maximum absolute atomic E-state index is 13.0. The molecule has 2 saturated heterocycles. The summed E-state index contributed by atoms with van der Waals surface area (Å²) in [7, 11) is 0. The number of ether oxygens (including phenoxy) is 1. The monoisotopic (exact) mass is 356 g/mol. The molecule has 0 aliphatic carbocycles. The molecule has 4 rings (SSSR count). The third-order valence-corrected chi connectivity index (χ3v) is 5.63. The summed E-state index contributed by atoms with van der Waals surface area (Å²) < 4.78 is 5.36. The lowest BCUT2D eigenvalue weighted by Gasteiger charge is -2.37. The second-order valence-corrected chi connectivity index (χ2v) is 7.31. The number of hydrogen-bond donors (Lipinski definition) is 1. The van der Waals surface area contributed by atoms with E-state index in [1.54, 1.807) is 11.0 Å². The highest BCUT2D eigenvalue weighted by atomic mass is 16.5. The van der Waals surface area contributed by atoms with Crippen molar-refractivity contribution < 1.29 is 19.4 Å². The number of carbonyl (C=O) groups excluding carboxylic acids is 2. The lowest BCUT2D eigenvalue weighted by molar-refractivity contribution is -0.140. The largest absolute Gasteiger partial charge is 0.381 e. The third kappa shape index (κ3) is 2.93. The van der Waals surface area contributed by atoms with E-state index in [2.05, 4.69) is 0 Å². The number of aliphatic hydroxyl groups is 1. The molecule has 6 heteroatoms. The standard InChI is InChI=1S/C20H24N2O4/c1-13-10-19(24)22(16-5-3-2-4-15(13)16)17-11-18(23)21(20(17)25)12-14-6-8-26-9-7-14/h2-5,10,14,17,19,24H,6-9,11-12H2,1H3. The number of carbonyl (C=O) groups is 2. The number of likely N-dealkylation sites (tertiary alicyclic amines) is 1. The second kappa shape index (κ2) is 6.85. The van der Waals surface area contributed by atoms with Crippen molar-refractivity contribution in [1.82, 2.24) is 4.90 Å². The second-order valence-electron chi connectivity index (χ2n) is 7.31. The van der Waals surface area contributed by atoms with Gasteiger partial charge in [-0.25, -0.2) is 0 Å². The molecule has 2 unspecified atom stereocenters. The summed E-state index contributed by atoms with van der Waals surface area (Å²) in [5, 5.41) is 10.6. The number of hydrogen-bond acceptors (Lipinski definition) is 5. The number of aliphatic hydroxyl groups excluding tert-OH is 1. The molecule has 2 amide bonds. The van der Waals surface area contributed by atoms with E-state index in [1.165, 1.54) is 4.90 Å². The molecule has 3 heterocycles. The van der Waals surface area contributed by atoms with Crippen LogP contribution in [-0.4, -0.2) is 53.8 Å². The van der Waals surface area contributed by atoms with Crippen LogP contribution in [0.3, 0.4) is 0 Å². The minimum atomic E-state index is -0.908. The van der Waals surface area contributed by atoms with Crippen LogP contribution in [0.15, 0.2) is 30.3 Å². The van der Waals surface area contributed by atoms with Crippen molar-refractivity contribution in [2.75, 3.05) is 24.7 Å². The van der Waals surface area contributed by atoms with Gasteiger partial charge < -0.3 is 14.7 Å². The van der Waals surface area contributed by atoms with Crippen molar-refractivity contribution in [1.29, 1.82) is 0 Å². The maximum Gasteiger partial charge on any atom is 0.252 e. The molecule has 0 bridgehead atoms. The molecule has 138 valence electrons. The lowest BCUT2D eigenvalue weighted by atomic mass is 9.97. The fraction of sp³-hybridized carbons (Fsp3) is 0.500. The van der Waals surface area contributed by atoms with Gasteiger partial charge in [0.15, 0.2) is 0 Å². The van der Waals surface area contributed by atoms with Gasteiger partial charge in [0, 0.05) is 31.0 Å². The first kappa shape index (κ1) is 17.2. The topological polar surface area (TPSA) is 70.1 Å². The summed E-state index contributed by atoms with van der Waals surface area (Å²) in [6, 6.07) is 7.04. The normalized spacial score (nSPS) is 26.9. The highest BCUT2D eigenvalue weighted by Gasteiger charge is 2.45. The van der Waals surface area contributed by atoms with E-state index in [-0.39, 0.29) is 18.2 Å². The highest BCUT2D eigenvalue weighted by molar-refractivity contribution is 6.07. The van der Waals surface area contributed by atoms with E-state index in [9.17, 15) is 14.7 Å². The van der Waals surface area contributed by atoms with Crippen LogP contribution in [0.1, 0.15) is 31.7 Å². The fourth-order valence-corrected chi connectivity index (χ4v) is 4.18. The molecule has 2 atom stereocenters. The van der Waals surface area contributed by atoms with Gasteiger partial charge in [-0.2, -0.15) is 0 Å². The van der Waals surface area contributed by atoms with E-state index in [0.717, 1.165) is 29.7 Å². The quantitative estimate of drug-likeness (QED) is 0.836. The lowest BCUT2D eigenvalue weighted by Crippen LogP contribution is -2.49. The van der Waals surface area contributed by atoms with Crippen molar-refractivity contribution in [2.45, 2.75) is 38.5 Å². The van der Waals surface area contributed by atoms with Crippen molar-refractivity contribution in [3.05, 3.63) is 35.9 Å². The van der Waals surface area contributed by atoms with Gasteiger partial charge in [-0.05, 0) is 43.4 Å². The molecular formula is C20H24N2O4. The summed E-state index contributed by atoms with van der Waals surface area (Å²) >= 11 is 0. The molecule has 3 aliphatic rings. The van der Waals surface area contributed by atoms with Gasteiger partial charge in [0.05, 0.1) is 6.42 Å². The summed E-state index contributed by atoms with van der Waals surface area (Å²) in [4.78, 5) is 28.6. The number of nitrogens with zero attached hydrogens (tertiary/aromatic N) is 2. The molecular weight excluding hydrogens is 332 g/mol. The Labute approximate surface area is 153 Å². The summed E-state index contributed by atoms with van der Waals surface area (Å²) in [6.07, 6.45) is 2.69. The SMILES string of the molecule is CC1=CC(O)N(C2CC(=O)N(CC3CCOCC3)C2=O)c2ccccc21. The first-order valence-corrected chi connectivity index (χ1v) is 9.22. The summed E-state index contributed by atoms with van der Waals surface area (Å²) in [6.45, 7) is 3.77. The number of fused-ring (bicyclic) bond motifs is 1. The van der Waals surface area contributed by atoms with Crippen LogP contribution in [0.4, 0.5) is 5.69 Å². The minimum absolute atomic E-state index is 0.111. The highest BCUT2D eigenvalue weighted by Crippen LogP contribution is 2.37. The predicted molar refractivity (Wildman–Crippen MR) is 97.2 cm³/mol. The van der Waals surface area contributed by atoms with Crippen LogP contribution in [0, 0.1) is 5.92 Å². The van der Waals surface area contributed by atoms with Gasteiger partial charge >= 0.3 is 0 Å². The Bertz CT molecular complexity index is 754. The van der Waals surface area contributed by atoms with Gasteiger partial charge in [-0.1, -0.05) is 18.2 Å². The zero-order valence-electron chi connectivity index (χ0n) is 14.9. The van der Waals surface area contributed by atoms with Gasteiger partial charge in [-0.3, -0.25) is 14.5 Å². The summed E-state index contributed by atoms with van der Waals surface area (Å²) in [5.41, 5.74) is 2.76. The van der Waals surface area contributed by atoms with Crippen molar-refractivity contribution in [3.63, 3.8) is 0 Å². The molecule has 1 aromatic rings. The van der Waals surface area contributed by atoms with Gasteiger partial charge in [0.25, 0.3) is 5.91 Å². The number of anilines is 1. The van der Waals surface area contributed by atoms with Crippen molar-refractivity contribution >= 4 is 23.1 Å². The molecule has 1 aromatic carbocycles. The first-order chi connectivity index (χ1) is 12.6. The van der Waals surface area contributed by atoms with E-state index < -0.39 is 12.3 Å². The van der Waals surface area contributed by atoms with E-state index >= 15 is 0 Å². The molecule has 0 saturated carbocycles. The maximum atomic E-state index is 13.0. The van der Waals surface area contributed by atoms with E-state index in [4.69, 9.17) is 4.74 Å². The van der Waals surface area contributed by atoms with E-state index in [0.29, 0.717) is 25.7 Å². The number of rotatable bonds is 3. The van der Waals surface area contributed by atoms with Gasteiger partial charge in [0.1, 0.15) is 12.3 Å². The Kier molecular flexibility index (Phi) is 4.54. The minimum Gasteiger partial charge on any atom is -0.381 e. The number of allylic oxidation sites excluding steroid dienone is 1. The Morgan fingerprint density at radius 2 is 1.92 bits per heavy atom. The Morgan fingerprint density at radius 3 is 2.69 bits per heavy atom. The van der Waals surface area contributed by atoms with Crippen LogP contribution in [0.2, 0.25) is 0 Å². The predicted octanol–water partition coefficient (Wildman–Crippen LogP) is 1.78. The number of amides is 2. The Balaban J connectivity index is 1.58. The third-order valence-electron chi connectivity index (χ3n) is 5.63. The van der Waals surface area contributed by atoms with Crippen LogP contribution in [0.5, 0.6) is 0 Å². The molecule has 0 spiro atoms. The molecule has 1 N–H and O–H groups in total. The van der Waals surface area contributed by atoms with E-state index in [1.807, 2.05) is 31.2 Å². The average Bonchev–Trinajstić information content (AvgIpc) is 2.91. The van der Waals surface area contributed by atoms with Crippen LogP contribution < -0.4 is 4.90 Å². The van der Waals surface area contributed by atoms with Crippen molar-refractivity contribution in [2.24, 2.45) is 5.92 Å². The van der Waals surface area contributed by atoms with Crippen LogP contribution >= 0.6 is 0 Å². The van der Waals surface area contributed by atoms with Crippen LogP contribution in [-0.2, 0) is 14.3 Å². The summed E-state index contributed by atoms with van der Waals surface area (Å²) in [5.74, 6) is -0.0538. The average molecular weight is 356 g/mol. The molecule has 6 nitrogen and oxygen atoms in total. The van der Waals surface area contributed by atoms with Gasteiger partial charge in [0.2, 0.25) is 5.91 Å². The van der Waals surface area contributed by atoms with Crippen molar-refractivity contribution in [3.8, 4) is 0 Å². The Hall–Kier alpha value is -2.18. The first-order valence-electron chi connectivity index (χ1n) is 9.22. The molecule has 0 aromatic heterocycles. The number of para-hydroxylation sites is 1. The molecule has 0 radical (unpaired) electrons. The molecule has 26 heavy (non-hydrogen) atoms. The zero-order valence-corrected chi connectivity index (χ0v) is 14.9. The number of benzene rings is 1.